The predicted molar refractivity (Wildman–Crippen MR) is 98.7 cm³/mol. The molecule has 2 amide bonds. The lowest BCUT2D eigenvalue weighted by Crippen LogP contribution is -2.18. The number of nitrogens with one attached hydrogen (secondary N) is 2. The van der Waals surface area contributed by atoms with Crippen LogP contribution < -0.4 is 10.6 Å². The molecule has 162 valence electrons. The normalized spacial score (nSPS) is 11.8. The van der Waals surface area contributed by atoms with Gasteiger partial charge in [-0.15, -0.1) is 11.3 Å². The van der Waals surface area contributed by atoms with Crippen LogP contribution in [0.4, 0.5) is 37.0 Å². The number of thiazole rings is 1. The van der Waals surface area contributed by atoms with Crippen LogP contribution >= 0.6 is 11.3 Å². The van der Waals surface area contributed by atoms with E-state index in [1.165, 1.54) is 5.51 Å². The summed E-state index contributed by atoms with van der Waals surface area (Å²) in [5.41, 5.74) is -1.42. The van der Waals surface area contributed by atoms with Crippen LogP contribution in [0.5, 0.6) is 0 Å². The molecule has 31 heavy (non-hydrogen) atoms. The fraction of sp³-hybridized carbons (Fsp3) is 0.111. The van der Waals surface area contributed by atoms with E-state index >= 15 is 0 Å². The molecule has 3 rings (SSSR count). The van der Waals surface area contributed by atoms with E-state index in [1.54, 1.807) is 0 Å². The molecule has 2 heterocycles. The standard InChI is InChI=1S/C18H10F6N4O2S/c19-17(20,21)10-1-3-12(4-2-10)27-15(30)13-16(31-8-26-13)28-14(29)9-5-11(7-25-6-9)18(22,23)24/h1-8H,(H,27,30)(H,28,29). The summed E-state index contributed by atoms with van der Waals surface area (Å²) >= 11 is 0.832. The first kappa shape index (κ1) is 22.2. The Morgan fingerprint density at radius 1 is 0.839 bits per heavy atom. The van der Waals surface area contributed by atoms with Gasteiger partial charge in [0, 0.05) is 18.1 Å². The molecule has 2 N–H and O–H groups in total. The van der Waals surface area contributed by atoms with Gasteiger partial charge in [0.1, 0.15) is 5.00 Å². The van der Waals surface area contributed by atoms with Gasteiger partial charge in [0.15, 0.2) is 5.69 Å². The van der Waals surface area contributed by atoms with Gasteiger partial charge in [-0.05, 0) is 30.3 Å². The van der Waals surface area contributed by atoms with Gasteiger partial charge in [-0.1, -0.05) is 0 Å². The van der Waals surface area contributed by atoms with Crippen molar-refractivity contribution in [2.24, 2.45) is 0 Å². The van der Waals surface area contributed by atoms with Gasteiger partial charge in [0.2, 0.25) is 0 Å². The van der Waals surface area contributed by atoms with Gasteiger partial charge >= 0.3 is 12.4 Å². The number of pyridine rings is 1. The molecule has 0 bridgehead atoms. The average molecular weight is 460 g/mol. The summed E-state index contributed by atoms with van der Waals surface area (Å²) in [6.45, 7) is 0. The molecular formula is C18H10F6N4O2S. The Labute approximate surface area is 174 Å². The third-order valence-electron chi connectivity index (χ3n) is 3.81. The second-order valence-electron chi connectivity index (χ2n) is 5.97. The molecule has 0 aliphatic rings. The van der Waals surface area contributed by atoms with E-state index in [-0.39, 0.29) is 16.4 Å². The molecule has 0 spiro atoms. The minimum absolute atomic E-state index is 0.0466. The van der Waals surface area contributed by atoms with Crippen molar-refractivity contribution < 1.29 is 35.9 Å². The van der Waals surface area contributed by atoms with Gasteiger partial charge in [-0.3, -0.25) is 14.6 Å². The molecule has 13 heteroatoms. The van der Waals surface area contributed by atoms with Crippen LogP contribution in [0.15, 0.2) is 48.2 Å². The highest BCUT2D eigenvalue weighted by molar-refractivity contribution is 7.14. The van der Waals surface area contributed by atoms with Gasteiger partial charge in [0.05, 0.1) is 22.2 Å². The van der Waals surface area contributed by atoms with Crippen molar-refractivity contribution in [3.05, 3.63) is 70.6 Å². The summed E-state index contributed by atoms with van der Waals surface area (Å²) in [5, 5.41) is 4.55. The van der Waals surface area contributed by atoms with E-state index in [2.05, 4.69) is 20.6 Å². The highest BCUT2D eigenvalue weighted by Crippen LogP contribution is 2.31. The molecular weight excluding hydrogens is 450 g/mol. The molecule has 3 aromatic rings. The van der Waals surface area contributed by atoms with Crippen LogP contribution in [-0.2, 0) is 12.4 Å². The number of hydrogen-bond acceptors (Lipinski definition) is 5. The summed E-state index contributed by atoms with van der Waals surface area (Å²) in [5.74, 6) is -1.79. The molecule has 0 fully saturated rings. The van der Waals surface area contributed by atoms with Crippen LogP contribution in [0.2, 0.25) is 0 Å². The molecule has 2 aromatic heterocycles. The second kappa shape index (κ2) is 8.34. The lowest BCUT2D eigenvalue weighted by molar-refractivity contribution is -0.138. The number of aromatic nitrogens is 2. The molecule has 1 aromatic carbocycles. The maximum atomic E-state index is 12.8. The first-order valence-electron chi connectivity index (χ1n) is 8.21. The van der Waals surface area contributed by atoms with Gasteiger partial charge < -0.3 is 10.6 Å². The van der Waals surface area contributed by atoms with Gasteiger partial charge in [-0.25, -0.2) is 4.98 Å². The van der Waals surface area contributed by atoms with Crippen molar-refractivity contribution in [3.8, 4) is 0 Å². The van der Waals surface area contributed by atoms with Crippen molar-refractivity contribution in [3.63, 3.8) is 0 Å². The largest absolute Gasteiger partial charge is 0.417 e. The Morgan fingerprint density at radius 2 is 1.48 bits per heavy atom. The summed E-state index contributed by atoms with van der Waals surface area (Å²) in [6.07, 6.45) is -7.74. The lowest BCUT2D eigenvalue weighted by Gasteiger charge is -2.10. The highest BCUT2D eigenvalue weighted by Gasteiger charge is 2.32. The Hall–Kier alpha value is -3.48. The quantitative estimate of drug-likeness (QED) is 0.532. The van der Waals surface area contributed by atoms with Crippen LogP contribution in [0.3, 0.4) is 0 Å². The van der Waals surface area contributed by atoms with Crippen molar-refractivity contribution in [1.29, 1.82) is 0 Å². The molecule has 0 saturated carbocycles. The Morgan fingerprint density at radius 3 is 2.10 bits per heavy atom. The molecule has 0 aliphatic carbocycles. The van der Waals surface area contributed by atoms with Crippen LogP contribution in [0.1, 0.15) is 32.0 Å². The average Bonchev–Trinajstić information content (AvgIpc) is 3.15. The summed E-state index contributed by atoms with van der Waals surface area (Å²) in [6, 6.07) is 4.24. The highest BCUT2D eigenvalue weighted by atomic mass is 32.1. The zero-order chi connectivity index (χ0) is 22.8. The zero-order valence-corrected chi connectivity index (χ0v) is 15.8. The van der Waals surface area contributed by atoms with Crippen molar-refractivity contribution >= 4 is 33.8 Å². The van der Waals surface area contributed by atoms with E-state index in [0.29, 0.717) is 12.3 Å². The summed E-state index contributed by atoms with van der Waals surface area (Å²) < 4.78 is 76.2. The summed E-state index contributed by atoms with van der Waals surface area (Å²) in [7, 11) is 0. The Bertz CT molecular complexity index is 1110. The smallest absolute Gasteiger partial charge is 0.321 e. The Kier molecular flexibility index (Phi) is 5.97. The zero-order valence-electron chi connectivity index (χ0n) is 15.0. The molecule has 6 nitrogen and oxygen atoms in total. The van der Waals surface area contributed by atoms with Crippen LogP contribution in [-0.4, -0.2) is 21.8 Å². The fourth-order valence-electron chi connectivity index (χ4n) is 2.32. The SMILES string of the molecule is O=C(Nc1scnc1C(=O)Nc1ccc(C(F)(F)F)cc1)c1cncc(C(F)(F)F)c1. The topological polar surface area (TPSA) is 84.0 Å². The van der Waals surface area contributed by atoms with Crippen molar-refractivity contribution in [2.75, 3.05) is 10.6 Å². The molecule has 0 radical (unpaired) electrons. The monoisotopic (exact) mass is 460 g/mol. The number of rotatable bonds is 4. The van der Waals surface area contributed by atoms with E-state index in [9.17, 15) is 35.9 Å². The Balaban J connectivity index is 1.73. The number of carbonyl (C=O) groups is 2. The molecule has 0 aliphatic heterocycles. The number of carbonyl (C=O) groups excluding carboxylic acids is 2. The third-order valence-corrected chi connectivity index (χ3v) is 4.55. The number of alkyl halides is 6. The number of anilines is 2. The van der Waals surface area contributed by atoms with Gasteiger partial charge in [0.25, 0.3) is 11.8 Å². The first-order valence-corrected chi connectivity index (χ1v) is 9.09. The van der Waals surface area contributed by atoms with E-state index in [4.69, 9.17) is 0 Å². The molecule has 0 saturated heterocycles. The predicted octanol–water partition coefficient (Wildman–Crippen LogP) is 5.08. The van der Waals surface area contributed by atoms with Crippen LogP contribution in [0, 0.1) is 0 Å². The first-order chi connectivity index (χ1) is 14.4. The minimum atomic E-state index is -4.69. The van der Waals surface area contributed by atoms with Crippen molar-refractivity contribution in [1.82, 2.24) is 9.97 Å². The van der Waals surface area contributed by atoms with E-state index in [1.807, 2.05) is 0 Å². The fourth-order valence-corrected chi connectivity index (χ4v) is 3.00. The number of hydrogen-bond donors (Lipinski definition) is 2. The minimum Gasteiger partial charge on any atom is -0.321 e. The lowest BCUT2D eigenvalue weighted by atomic mass is 10.2. The summed E-state index contributed by atoms with van der Waals surface area (Å²) in [4.78, 5) is 31.8. The maximum absolute atomic E-state index is 12.8. The van der Waals surface area contributed by atoms with Gasteiger partial charge in [-0.2, -0.15) is 26.3 Å². The van der Waals surface area contributed by atoms with Crippen molar-refractivity contribution in [2.45, 2.75) is 12.4 Å². The van der Waals surface area contributed by atoms with E-state index < -0.39 is 40.9 Å². The molecule has 0 atom stereocenters. The second-order valence-corrected chi connectivity index (χ2v) is 6.83. The number of benzene rings is 1. The molecule has 0 unspecified atom stereocenters. The van der Waals surface area contributed by atoms with E-state index in [0.717, 1.165) is 41.8 Å². The maximum Gasteiger partial charge on any atom is 0.417 e. The number of nitrogens with zero attached hydrogens (tertiary/aromatic N) is 2. The number of halogens is 6. The van der Waals surface area contributed by atoms with Crippen LogP contribution in [0.25, 0.3) is 0 Å². The number of amides is 2. The third kappa shape index (κ3) is 5.36.